The van der Waals surface area contributed by atoms with Crippen molar-refractivity contribution in [3.63, 3.8) is 0 Å². The average Bonchev–Trinajstić information content (AvgIpc) is 2.72. The molecule has 0 fully saturated rings. The summed E-state index contributed by atoms with van der Waals surface area (Å²) in [7, 11) is -2.27. The van der Waals surface area contributed by atoms with E-state index in [9.17, 15) is 13.2 Å². The van der Waals surface area contributed by atoms with Gasteiger partial charge in [0.1, 0.15) is 5.75 Å². The second-order valence-electron chi connectivity index (χ2n) is 6.70. The third kappa shape index (κ3) is 6.13. The summed E-state index contributed by atoms with van der Waals surface area (Å²) in [6, 6.07) is 14.8. The summed E-state index contributed by atoms with van der Waals surface area (Å²) in [5.41, 5.74) is 2.62. The van der Waals surface area contributed by atoms with Crippen LogP contribution in [0.15, 0.2) is 65.6 Å². The highest BCUT2D eigenvalue weighted by Crippen LogP contribution is 2.17. The lowest BCUT2D eigenvalue weighted by molar-refractivity contribution is -0.111. The number of hydrogen-bond donors (Lipinski definition) is 2. The largest absolute Gasteiger partial charge is 0.497 e. The van der Waals surface area contributed by atoms with Crippen LogP contribution in [-0.4, -0.2) is 31.4 Å². The molecule has 0 bridgehead atoms. The van der Waals surface area contributed by atoms with Gasteiger partial charge in [0.15, 0.2) is 0 Å². The highest BCUT2D eigenvalue weighted by atomic mass is 32.2. The van der Waals surface area contributed by atoms with Crippen LogP contribution in [0.5, 0.6) is 5.75 Å². The van der Waals surface area contributed by atoms with E-state index in [0.29, 0.717) is 17.1 Å². The molecule has 0 saturated carbocycles. The number of nitrogens with one attached hydrogen (secondary N) is 2. The van der Waals surface area contributed by atoms with Crippen molar-refractivity contribution in [3.8, 4) is 5.75 Å². The average molecular weight is 439 g/mol. The molecule has 0 radical (unpaired) electrons. The predicted molar refractivity (Wildman–Crippen MR) is 119 cm³/mol. The molecule has 0 spiro atoms. The summed E-state index contributed by atoms with van der Waals surface area (Å²) < 4.78 is 32.6. The number of carbonyl (C=O) groups excluding carboxylic acids is 1. The molecule has 1 aromatic heterocycles. The van der Waals surface area contributed by atoms with E-state index in [1.807, 2.05) is 12.1 Å². The first kappa shape index (κ1) is 22.0. The fraction of sp³-hybridized carbons (Fsp3) is 0.136. The second kappa shape index (κ2) is 9.40. The van der Waals surface area contributed by atoms with Gasteiger partial charge < -0.3 is 10.1 Å². The molecule has 3 aromatic rings. The zero-order valence-electron chi connectivity index (χ0n) is 17.3. The number of nitrogens with zero attached hydrogens (tertiary/aromatic N) is 2. The highest BCUT2D eigenvalue weighted by molar-refractivity contribution is 7.92. The van der Waals surface area contributed by atoms with Gasteiger partial charge >= 0.3 is 0 Å². The summed E-state index contributed by atoms with van der Waals surface area (Å²) in [5.74, 6) is 0.405. The molecule has 2 aromatic carbocycles. The smallest absolute Gasteiger partial charge is 0.264 e. The minimum atomic E-state index is -3.86. The van der Waals surface area contributed by atoms with Gasteiger partial charge in [0.2, 0.25) is 11.9 Å². The number of anilines is 2. The van der Waals surface area contributed by atoms with Gasteiger partial charge in [0.25, 0.3) is 10.0 Å². The van der Waals surface area contributed by atoms with Crippen LogP contribution in [0, 0.1) is 13.8 Å². The number of aromatic nitrogens is 2. The Kier molecular flexibility index (Phi) is 6.66. The van der Waals surface area contributed by atoms with Crippen LogP contribution < -0.4 is 14.8 Å². The van der Waals surface area contributed by atoms with Gasteiger partial charge in [-0.3, -0.25) is 4.79 Å². The van der Waals surface area contributed by atoms with E-state index in [0.717, 1.165) is 11.3 Å². The van der Waals surface area contributed by atoms with Crippen LogP contribution in [0.2, 0.25) is 0 Å². The Hall–Kier alpha value is -3.72. The Balaban J connectivity index is 1.64. The van der Waals surface area contributed by atoms with Crippen molar-refractivity contribution < 1.29 is 17.9 Å². The summed E-state index contributed by atoms with van der Waals surface area (Å²) in [6.45, 7) is 3.51. The molecule has 0 unspecified atom stereocenters. The topological polar surface area (TPSA) is 110 Å². The number of carbonyl (C=O) groups is 1. The predicted octanol–water partition coefficient (Wildman–Crippen LogP) is 3.55. The van der Waals surface area contributed by atoms with Crippen molar-refractivity contribution in [2.24, 2.45) is 0 Å². The van der Waals surface area contributed by atoms with Crippen molar-refractivity contribution in [2.45, 2.75) is 18.7 Å². The Morgan fingerprint density at radius 3 is 2.16 bits per heavy atom. The Morgan fingerprint density at radius 1 is 0.968 bits per heavy atom. The molecule has 0 saturated heterocycles. The number of methoxy groups -OCH3 is 1. The normalized spacial score (nSPS) is 11.3. The summed E-state index contributed by atoms with van der Waals surface area (Å²) in [4.78, 5) is 20.3. The number of sulfonamides is 1. The van der Waals surface area contributed by atoms with E-state index >= 15 is 0 Å². The van der Waals surface area contributed by atoms with Gasteiger partial charge in [0.05, 0.1) is 12.0 Å². The van der Waals surface area contributed by atoms with Crippen LogP contribution >= 0.6 is 0 Å². The standard InChI is InChI=1S/C22H22N4O4S/c1-15-14-16(2)24-22(23-15)26-31(28,29)20-11-7-18(8-12-20)25-21(27)13-6-17-4-9-19(30-3)10-5-17/h4-14H,1-3H3,(H,25,27)(H,23,24,26). The molecule has 9 heteroatoms. The van der Waals surface area contributed by atoms with E-state index in [-0.39, 0.29) is 16.8 Å². The molecule has 3 rings (SSSR count). The Morgan fingerprint density at radius 2 is 1.58 bits per heavy atom. The van der Waals surface area contributed by atoms with Gasteiger partial charge in [-0.1, -0.05) is 12.1 Å². The van der Waals surface area contributed by atoms with Crippen LogP contribution in [0.1, 0.15) is 17.0 Å². The number of amides is 1. The summed E-state index contributed by atoms with van der Waals surface area (Å²) in [5, 5.41) is 2.69. The fourth-order valence-electron chi connectivity index (χ4n) is 2.74. The molecular formula is C22H22N4O4S. The molecule has 31 heavy (non-hydrogen) atoms. The molecule has 0 atom stereocenters. The lowest BCUT2D eigenvalue weighted by Gasteiger charge is -2.09. The first-order chi connectivity index (χ1) is 14.7. The Labute approximate surface area is 181 Å². The van der Waals surface area contributed by atoms with Crippen LogP contribution in [0.4, 0.5) is 11.6 Å². The Bertz CT molecular complexity index is 1190. The van der Waals surface area contributed by atoms with Gasteiger partial charge in [-0.2, -0.15) is 0 Å². The van der Waals surface area contributed by atoms with Gasteiger partial charge in [-0.15, -0.1) is 0 Å². The maximum absolute atomic E-state index is 12.6. The highest BCUT2D eigenvalue weighted by Gasteiger charge is 2.16. The van der Waals surface area contributed by atoms with E-state index in [2.05, 4.69) is 20.0 Å². The third-order valence-electron chi connectivity index (χ3n) is 4.18. The quantitative estimate of drug-likeness (QED) is 0.546. The molecule has 2 N–H and O–H groups in total. The fourth-order valence-corrected chi connectivity index (χ4v) is 3.68. The number of hydrogen-bond acceptors (Lipinski definition) is 6. The van der Waals surface area contributed by atoms with Gasteiger partial charge in [0, 0.05) is 23.2 Å². The molecule has 0 aliphatic carbocycles. The lowest BCUT2D eigenvalue weighted by atomic mass is 10.2. The lowest BCUT2D eigenvalue weighted by Crippen LogP contribution is -2.16. The van der Waals surface area contributed by atoms with E-state index in [4.69, 9.17) is 4.74 Å². The van der Waals surface area contributed by atoms with E-state index in [1.165, 1.54) is 30.3 Å². The first-order valence-corrected chi connectivity index (χ1v) is 10.8. The summed E-state index contributed by atoms with van der Waals surface area (Å²) >= 11 is 0. The van der Waals surface area contributed by atoms with Gasteiger partial charge in [-0.25, -0.2) is 23.1 Å². The molecule has 1 heterocycles. The van der Waals surface area contributed by atoms with Gasteiger partial charge in [-0.05, 0) is 68.0 Å². The molecular weight excluding hydrogens is 416 g/mol. The number of ether oxygens (including phenoxy) is 1. The molecule has 160 valence electrons. The van der Waals surface area contributed by atoms with Crippen molar-refractivity contribution >= 4 is 33.6 Å². The molecule has 0 aliphatic heterocycles. The van der Waals surface area contributed by atoms with Crippen molar-refractivity contribution in [1.82, 2.24) is 9.97 Å². The number of rotatable bonds is 7. The monoisotopic (exact) mass is 438 g/mol. The van der Waals surface area contributed by atoms with Crippen LogP contribution in [-0.2, 0) is 14.8 Å². The SMILES string of the molecule is COc1ccc(C=CC(=O)Nc2ccc(S(=O)(=O)Nc3nc(C)cc(C)n3)cc2)cc1. The molecule has 1 amide bonds. The van der Waals surface area contributed by atoms with E-state index < -0.39 is 10.0 Å². The number of benzene rings is 2. The maximum Gasteiger partial charge on any atom is 0.264 e. The molecule has 8 nitrogen and oxygen atoms in total. The van der Waals surface area contributed by atoms with Crippen LogP contribution in [0.3, 0.4) is 0 Å². The van der Waals surface area contributed by atoms with Crippen LogP contribution in [0.25, 0.3) is 6.08 Å². The third-order valence-corrected chi connectivity index (χ3v) is 5.53. The van der Waals surface area contributed by atoms with Crippen molar-refractivity contribution in [1.29, 1.82) is 0 Å². The first-order valence-electron chi connectivity index (χ1n) is 9.33. The summed E-state index contributed by atoms with van der Waals surface area (Å²) in [6.07, 6.45) is 3.06. The zero-order valence-corrected chi connectivity index (χ0v) is 18.1. The molecule has 0 aliphatic rings. The second-order valence-corrected chi connectivity index (χ2v) is 8.38. The van der Waals surface area contributed by atoms with Crippen molar-refractivity contribution in [3.05, 3.63) is 77.6 Å². The van der Waals surface area contributed by atoms with E-state index in [1.54, 1.807) is 45.2 Å². The zero-order chi connectivity index (χ0) is 22.4. The minimum Gasteiger partial charge on any atom is -0.497 e. The van der Waals surface area contributed by atoms with Crippen molar-refractivity contribution in [2.75, 3.05) is 17.1 Å². The number of aryl methyl sites for hydroxylation is 2. The minimum absolute atomic E-state index is 0.0125. The maximum atomic E-state index is 12.6.